The Morgan fingerprint density at radius 1 is 1.00 bits per heavy atom. The molecule has 1 amide bonds. The van der Waals surface area contributed by atoms with Gasteiger partial charge >= 0.3 is 0 Å². The molecule has 162 valence electrons. The lowest BCUT2D eigenvalue weighted by Gasteiger charge is -2.14. The molecule has 0 radical (unpaired) electrons. The number of para-hydroxylation sites is 1. The van der Waals surface area contributed by atoms with Gasteiger partial charge in [-0.15, -0.1) is 0 Å². The number of halogens is 1. The Morgan fingerprint density at radius 2 is 1.75 bits per heavy atom. The molecule has 0 atom stereocenters. The van der Waals surface area contributed by atoms with Gasteiger partial charge in [-0.3, -0.25) is 9.69 Å². The molecule has 0 aromatic heterocycles. The van der Waals surface area contributed by atoms with E-state index < -0.39 is 0 Å². The monoisotopic (exact) mass is 481 g/mol. The molecule has 3 aromatic carbocycles. The van der Waals surface area contributed by atoms with Crippen LogP contribution in [0.3, 0.4) is 0 Å². The highest BCUT2D eigenvalue weighted by molar-refractivity contribution is 8.27. The number of hydrogen-bond donors (Lipinski definition) is 0. The third-order valence-corrected chi connectivity index (χ3v) is 6.29. The molecule has 0 bridgehead atoms. The van der Waals surface area contributed by atoms with Crippen LogP contribution >= 0.6 is 35.6 Å². The van der Waals surface area contributed by atoms with Crippen LogP contribution in [-0.4, -0.2) is 23.4 Å². The minimum atomic E-state index is -0.109. The molecule has 1 saturated heterocycles. The number of thiocarbonyl (C=S) groups is 1. The maximum Gasteiger partial charge on any atom is 0.270 e. The van der Waals surface area contributed by atoms with Gasteiger partial charge in [0.25, 0.3) is 5.91 Å². The van der Waals surface area contributed by atoms with Crippen LogP contribution in [0.15, 0.2) is 77.7 Å². The number of anilines is 1. The summed E-state index contributed by atoms with van der Waals surface area (Å²) in [5, 5.41) is 0.574. The summed E-state index contributed by atoms with van der Waals surface area (Å²) in [4.78, 5) is 15.1. The Hall–Kier alpha value is -2.80. The van der Waals surface area contributed by atoms with Crippen molar-refractivity contribution in [2.24, 2.45) is 0 Å². The molecule has 1 heterocycles. The zero-order valence-electron chi connectivity index (χ0n) is 17.3. The largest absolute Gasteiger partial charge is 0.490 e. The van der Waals surface area contributed by atoms with E-state index in [0.717, 1.165) is 22.6 Å². The molecule has 4 nitrogen and oxygen atoms in total. The smallest absolute Gasteiger partial charge is 0.270 e. The fraction of sp³-hybridized carbons (Fsp3) is 0.120. The molecule has 1 aliphatic heterocycles. The van der Waals surface area contributed by atoms with Crippen molar-refractivity contribution in [3.05, 3.63) is 93.9 Å². The Balaban J connectivity index is 1.35. The molecular weight excluding hydrogens is 462 g/mol. The van der Waals surface area contributed by atoms with E-state index in [4.69, 9.17) is 33.3 Å². The van der Waals surface area contributed by atoms with Gasteiger partial charge in [-0.1, -0.05) is 72.0 Å². The highest BCUT2D eigenvalue weighted by Crippen LogP contribution is 2.36. The number of carbonyl (C=O) groups is 1. The summed E-state index contributed by atoms with van der Waals surface area (Å²) < 4.78 is 11.9. The Bertz CT molecular complexity index is 1180. The van der Waals surface area contributed by atoms with E-state index in [0.29, 0.717) is 33.2 Å². The zero-order chi connectivity index (χ0) is 22.5. The van der Waals surface area contributed by atoms with Crippen molar-refractivity contribution < 1.29 is 14.3 Å². The summed E-state index contributed by atoms with van der Waals surface area (Å²) in [5.74, 6) is 1.25. The lowest BCUT2D eigenvalue weighted by atomic mass is 10.2. The average molecular weight is 482 g/mol. The van der Waals surface area contributed by atoms with E-state index in [9.17, 15) is 4.79 Å². The van der Waals surface area contributed by atoms with Gasteiger partial charge in [0.1, 0.15) is 24.7 Å². The molecule has 1 fully saturated rings. The van der Waals surface area contributed by atoms with Crippen LogP contribution in [-0.2, 0) is 4.79 Å². The van der Waals surface area contributed by atoms with Gasteiger partial charge in [0, 0.05) is 0 Å². The number of rotatable bonds is 7. The summed E-state index contributed by atoms with van der Waals surface area (Å²) in [7, 11) is 0. The van der Waals surface area contributed by atoms with Crippen LogP contribution in [0.4, 0.5) is 5.69 Å². The second kappa shape index (κ2) is 10.2. The second-order valence-electron chi connectivity index (χ2n) is 7.05. The van der Waals surface area contributed by atoms with Gasteiger partial charge in [-0.05, 0) is 60.5 Å². The van der Waals surface area contributed by atoms with Crippen molar-refractivity contribution >= 4 is 57.6 Å². The molecule has 3 aromatic rings. The van der Waals surface area contributed by atoms with Crippen LogP contribution in [0.1, 0.15) is 11.1 Å². The van der Waals surface area contributed by atoms with Gasteiger partial charge in [0.15, 0.2) is 4.32 Å². The molecule has 4 rings (SSSR count). The van der Waals surface area contributed by atoms with E-state index in [-0.39, 0.29) is 5.91 Å². The van der Waals surface area contributed by atoms with Gasteiger partial charge in [-0.25, -0.2) is 0 Å². The van der Waals surface area contributed by atoms with Crippen LogP contribution in [0.2, 0.25) is 5.02 Å². The zero-order valence-corrected chi connectivity index (χ0v) is 19.7. The van der Waals surface area contributed by atoms with Crippen molar-refractivity contribution in [2.75, 3.05) is 18.1 Å². The second-order valence-corrected chi connectivity index (χ2v) is 9.14. The molecule has 0 aliphatic carbocycles. The summed E-state index contributed by atoms with van der Waals surface area (Å²) in [6, 6.07) is 22.6. The van der Waals surface area contributed by atoms with Crippen LogP contribution in [0, 0.1) is 6.92 Å². The highest BCUT2D eigenvalue weighted by atomic mass is 35.5. The molecule has 1 aliphatic rings. The number of amides is 1. The molecule has 0 saturated carbocycles. The summed E-state index contributed by atoms with van der Waals surface area (Å²) in [5.41, 5.74) is 2.77. The number of ether oxygens (including phenoxy) is 2. The number of hydrogen-bond acceptors (Lipinski definition) is 5. The van der Waals surface area contributed by atoms with E-state index in [1.807, 2.05) is 79.7 Å². The number of carbonyl (C=O) groups excluding carboxylic acids is 1. The Kier molecular flexibility index (Phi) is 7.15. The standard InChI is InChI=1S/C25H20ClNO3S2/c1-17-5-4-6-19(15-17)27-24(28)23(32-25(27)31)16-18-9-11-20(12-10-18)29-13-14-30-22-8-3-2-7-21(22)26/h2-12,15-16H,13-14H2,1H3/b23-16-. The van der Waals surface area contributed by atoms with Crippen molar-refractivity contribution in [1.82, 2.24) is 0 Å². The number of aryl methyl sites for hydroxylation is 1. The normalized spacial score (nSPS) is 14.8. The molecule has 0 unspecified atom stereocenters. The minimum absolute atomic E-state index is 0.109. The number of thioether (sulfide) groups is 1. The maximum absolute atomic E-state index is 12.9. The topological polar surface area (TPSA) is 38.8 Å². The summed E-state index contributed by atoms with van der Waals surface area (Å²) in [6.07, 6.45) is 1.85. The third-order valence-electron chi connectivity index (χ3n) is 4.68. The van der Waals surface area contributed by atoms with E-state index in [1.165, 1.54) is 11.8 Å². The van der Waals surface area contributed by atoms with E-state index >= 15 is 0 Å². The predicted octanol–water partition coefficient (Wildman–Crippen LogP) is 6.51. The van der Waals surface area contributed by atoms with Gasteiger partial charge in [0.2, 0.25) is 0 Å². The lowest BCUT2D eigenvalue weighted by molar-refractivity contribution is -0.113. The average Bonchev–Trinajstić information content (AvgIpc) is 3.06. The van der Waals surface area contributed by atoms with Crippen molar-refractivity contribution in [1.29, 1.82) is 0 Å². The Morgan fingerprint density at radius 3 is 2.50 bits per heavy atom. The number of nitrogens with zero attached hydrogens (tertiary/aromatic N) is 1. The minimum Gasteiger partial charge on any atom is -0.490 e. The summed E-state index contributed by atoms with van der Waals surface area (Å²) in [6.45, 7) is 2.76. The van der Waals surface area contributed by atoms with Crippen LogP contribution in [0.25, 0.3) is 6.08 Å². The molecule has 0 N–H and O–H groups in total. The SMILES string of the molecule is Cc1cccc(N2C(=O)/C(=C/c3ccc(OCCOc4ccccc4Cl)cc3)SC2=S)c1. The first-order valence-electron chi connectivity index (χ1n) is 9.96. The van der Waals surface area contributed by atoms with E-state index in [1.54, 1.807) is 11.0 Å². The van der Waals surface area contributed by atoms with Crippen molar-refractivity contribution in [3.8, 4) is 11.5 Å². The van der Waals surface area contributed by atoms with Crippen molar-refractivity contribution in [3.63, 3.8) is 0 Å². The lowest BCUT2D eigenvalue weighted by Crippen LogP contribution is -2.27. The summed E-state index contributed by atoms with van der Waals surface area (Å²) >= 11 is 12.8. The molecular formula is C25H20ClNO3S2. The van der Waals surface area contributed by atoms with Gasteiger partial charge in [-0.2, -0.15) is 0 Å². The molecule has 7 heteroatoms. The van der Waals surface area contributed by atoms with Gasteiger partial charge in [0.05, 0.1) is 15.6 Å². The number of benzene rings is 3. The first kappa shape index (κ1) is 22.4. The van der Waals surface area contributed by atoms with Gasteiger partial charge < -0.3 is 9.47 Å². The third kappa shape index (κ3) is 5.33. The van der Waals surface area contributed by atoms with Crippen LogP contribution in [0.5, 0.6) is 11.5 Å². The fourth-order valence-electron chi connectivity index (χ4n) is 3.14. The fourth-order valence-corrected chi connectivity index (χ4v) is 4.63. The highest BCUT2D eigenvalue weighted by Gasteiger charge is 2.33. The quantitative estimate of drug-likeness (QED) is 0.218. The molecule has 0 spiro atoms. The Labute approximate surface area is 201 Å². The first-order valence-corrected chi connectivity index (χ1v) is 11.6. The van der Waals surface area contributed by atoms with Crippen LogP contribution < -0.4 is 14.4 Å². The molecule has 32 heavy (non-hydrogen) atoms. The van der Waals surface area contributed by atoms with Crippen molar-refractivity contribution in [2.45, 2.75) is 6.92 Å². The maximum atomic E-state index is 12.9. The predicted molar refractivity (Wildman–Crippen MR) is 136 cm³/mol. The first-order chi connectivity index (χ1) is 15.5. The van der Waals surface area contributed by atoms with E-state index in [2.05, 4.69) is 0 Å².